The smallest absolute Gasteiger partial charge is 0.243 e. The molecule has 0 spiro atoms. The molecule has 1 aliphatic carbocycles. The van der Waals surface area contributed by atoms with Crippen LogP contribution in [0.1, 0.15) is 63.9 Å². The predicted octanol–water partition coefficient (Wildman–Crippen LogP) is 5.65. The lowest BCUT2D eigenvalue weighted by molar-refractivity contribution is -0.141. The molecule has 0 aromatic heterocycles. The van der Waals surface area contributed by atoms with Crippen molar-refractivity contribution in [1.82, 2.24) is 14.5 Å². The van der Waals surface area contributed by atoms with Crippen molar-refractivity contribution < 1.29 is 18.0 Å². The number of halogens is 2. The molecule has 2 amide bonds. The van der Waals surface area contributed by atoms with E-state index in [1.165, 1.54) is 17.8 Å². The first kappa shape index (κ1) is 30.4. The van der Waals surface area contributed by atoms with Gasteiger partial charge in [-0.2, -0.15) is 0 Å². The molecular formula is C28H37Cl2N3O4S. The molecule has 0 unspecified atom stereocenters. The summed E-state index contributed by atoms with van der Waals surface area (Å²) < 4.78 is 26.9. The Bertz CT molecular complexity index is 1190. The molecule has 1 aliphatic rings. The fraction of sp³-hybridized carbons (Fsp3) is 0.500. The maximum atomic E-state index is 13.5. The van der Waals surface area contributed by atoms with Gasteiger partial charge in [-0.25, -0.2) is 12.7 Å². The van der Waals surface area contributed by atoms with Gasteiger partial charge in [0.25, 0.3) is 0 Å². The molecule has 10 heteroatoms. The second kappa shape index (κ2) is 14.3. The van der Waals surface area contributed by atoms with Gasteiger partial charge in [0.1, 0.15) is 6.04 Å². The van der Waals surface area contributed by atoms with Crippen LogP contribution in [0.25, 0.3) is 0 Å². The number of hydrogen-bond acceptors (Lipinski definition) is 4. The highest BCUT2D eigenvalue weighted by molar-refractivity contribution is 7.89. The summed E-state index contributed by atoms with van der Waals surface area (Å²) in [6.07, 6.45) is 6.13. The number of hydrogen-bond donors (Lipinski definition) is 1. The molecule has 2 aromatic carbocycles. The first-order valence-corrected chi connectivity index (χ1v) is 15.4. The molecule has 208 valence electrons. The fourth-order valence-electron chi connectivity index (χ4n) is 4.79. The molecule has 38 heavy (non-hydrogen) atoms. The van der Waals surface area contributed by atoms with Gasteiger partial charge in [-0.1, -0.05) is 73.7 Å². The summed E-state index contributed by atoms with van der Waals surface area (Å²) in [6, 6.07) is 12.9. The van der Waals surface area contributed by atoms with Gasteiger partial charge >= 0.3 is 0 Å². The Morgan fingerprint density at radius 1 is 1.03 bits per heavy atom. The lowest BCUT2D eigenvalue weighted by atomic mass is 9.95. The van der Waals surface area contributed by atoms with E-state index in [0.29, 0.717) is 22.9 Å². The Morgan fingerprint density at radius 3 is 2.34 bits per heavy atom. The minimum Gasteiger partial charge on any atom is -0.352 e. The van der Waals surface area contributed by atoms with E-state index in [0.717, 1.165) is 31.2 Å². The van der Waals surface area contributed by atoms with Crippen LogP contribution in [-0.4, -0.2) is 55.1 Å². The van der Waals surface area contributed by atoms with Crippen molar-refractivity contribution in [3.63, 3.8) is 0 Å². The Kier molecular flexibility index (Phi) is 11.5. The molecular weight excluding hydrogens is 545 g/mol. The van der Waals surface area contributed by atoms with Gasteiger partial charge in [0, 0.05) is 32.6 Å². The summed E-state index contributed by atoms with van der Waals surface area (Å²) in [6.45, 7) is 2.26. The van der Waals surface area contributed by atoms with E-state index in [9.17, 15) is 18.0 Å². The predicted molar refractivity (Wildman–Crippen MR) is 152 cm³/mol. The monoisotopic (exact) mass is 581 g/mol. The number of benzene rings is 2. The summed E-state index contributed by atoms with van der Waals surface area (Å²) in [5.41, 5.74) is 0.764. The average Bonchev–Trinajstić information content (AvgIpc) is 2.91. The molecule has 0 aliphatic heterocycles. The SMILES string of the molecule is CC[C@H](C(=O)NC1CCCCC1)N(Cc1ccc(Cl)c(Cl)c1)C(=O)CCCN(C)S(=O)(=O)c1ccccc1. The van der Waals surface area contributed by atoms with E-state index in [-0.39, 0.29) is 42.3 Å². The molecule has 3 rings (SSSR count). The topological polar surface area (TPSA) is 86.8 Å². The van der Waals surface area contributed by atoms with Crippen molar-refractivity contribution in [3.05, 3.63) is 64.1 Å². The maximum Gasteiger partial charge on any atom is 0.243 e. The largest absolute Gasteiger partial charge is 0.352 e. The molecule has 1 fully saturated rings. The van der Waals surface area contributed by atoms with Crippen LogP contribution in [0.5, 0.6) is 0 Å². The molecule has 1 atom stereocenters. The molecule has 1 saturated carbocycles. The molecule has 1 N–H and O–H groups in total. The minimum absolute atomic E-state index is 0.100. The summed E-state index contributed by atoms with van der Waals surface area (Å²) in [5.74, 6) is -0.371. The van der Waals surface area contributed by atoms with Gasteiger partial charge in [-0.05, 0) is 55.5 Å². The van der Waals surface area contributed by atoms with Crippen molar-refractivity contribution in [3.8, 4) is 0 Å². The number of sulfonamides is 1. The number of carbonyl (C=O) groups excluding carboxylic acids is 2. The lowest BCUT2D eigenvalue weighted by Gasteiger charge is -2.33. The zero-order valence-electron chi connectivity index (χ0n) is 22.0. The third kappa shape index (κ3) is 8.18. The van der Waals surface area contributed by atoms with Gasteiger partial charge in [0.05, 0.1) is 14.9 Å². The Balaban J connectivity index is 1.72. The normalized spacial score (nSPS) is 15.3. The Labute approximate surface area is 236 Å². The lowest BCUT2D eigenvalue weighted by Crippen LogP contribution is -2.51. The van der Waals surface area contributed by atoms with E-state index in [1.54, 1.807) is 53.4 Å². The van der Waals surface area contributed by atoms with E-state index in [2.05, 4.69) is 5.32 Å². The standard InChI is InChI=1S/C28H37Cl2N3O4S/c1-3-26(28(35)31-22-11-6-4-7-12-22)33(20-21-16-17-24(29)25(30)19-21)27(34)15-10-18-32(2)38(36,37)23-13-8-5-9-14-23/h5,8-9,13-14,16-17,19,22,26H,3-4,6-7,10-12,15,18,20H2,1-2H3,(H,31,35)/t26-/m1/s1. The third-order valence-electron chi connectivity index (χ3n) is 6.99. The van der Waals surface area contributed by atoms with E-state index in [4.69, 9.17) is 23.2 Å². The van der Waals surface area contributed by atoms with Crippen molar-refractivity contribution in [2.24, 2.45) is 0 Å². The number of amides is 2. The quantitative estimate of drug-likeness (QED) is 0.351. The second-order valence-corrected chi connectivity index (χ2v) is 12.6. The van der Waals surface area contributed by atoms with Crippen molar-refractivity contribution in [2.75, 3.05) is 13.6 Å². The van der Waals surface area contributed by atoms with Gasteiger partial charge in [0.15, 0.2) is 0 Å². The Morgan fingerprint density at radius 2 is 1.71 bits per heavy atom. The van der Waals surface area contributed by atoms with Crippen LogP contribution in [0.15, 0.2) is 53.4 Å². The van der Waals surface area contributed by atoms with E-state index >= 15 is 0 Å². The van der Waals surface area contributed by atoms with Gasteiger partial charge in [0.2, 0.25) is 21.8 Å². The zero-order chi connectivity index (χ0) is 27.7. The summed E-state index contributed by atoms with van der Waals surface area (Å²) in [4.78, 5) is 28.6. The maximum absolute atomic E-state index is 13.5. The van der Waals surface area contributed by atoms with Crippen LogP contribution in [0, 0.1) is 0 Å². The van der Waals surface area contributed by atoms with Gasteiger partial charge in [-0.15, -0.1) is 0 Å². The summed E-state index contributed by atoms with van der Waals surface area (Å²) in [5, 5.41) is 3.95. The van der Waals surface area contributed by atoms with E-state index in [1.807, 2.05) is 6.92 Å². The number of rotatable bonds is 12. The summed E-state index contributed by atoms with van der Waals surface area (Å²) >= 11 is 12.3. The highest BCUT2D eigenvalue weighted by Crippen LogP contribution is 2.25. The average molecular weight is 583 g/mol. The number of nitrogens with zero attached hydrogens (tertiary/aromatic N) is 2. The van der Waals surface area contributed by atoms with Crippen molar-refractivity contribution >= 4 is 45.0 Å². The first-order chi connectivity index (χ1) is 18.1. The molecule has 0 saturated heterocycles. The Hall–Kier alpha value is -2.13. The molecule has 2 aromatic rings. The van der Waals surface area contributed by atoms with Crippen LogP contribution in [0.3, 0.4) is 0 Å². The van der Waals surface area contributed by atoms with Crippen LogP contribution >= 0.6 is 23.2 Å². The highest BCUT2D eigenvalue weighted by Gasteiger charge is 2.30. The third-order valence-corrected chi connectivity index (χ3v) is 9.60. The van der Waals surface area contributed by atoms with Crippen LogP contribution < -0.4 is 5.32 Å². The fourth-order valence-corrected chi connectivity index (χ4v) is 6.34. The highest BCUT2D eigenvalue weighted by atomic mass is 35.5. The first-order valence-electron chi connectivity index (χ1n) is 13.2. The molecule has 0 heterocycles. The van der Waals surface area contributed by atoms with Crippen LogP contribution in [-0.2, 0) is 26.2 Å². The second-order valence-electron chi connectivity index (χ2n) is 9.78. The minimum atomic E-state index is -3.65. The molecule has 0 bridgehead atoms. The van der Waals surface area contributed by atoms with Crippen LogP contribution in [0.2, 0.25) is 10.0 Å². The van der Waals surface area contributed by atoms with Gasteiger partial charge < -0.3 is 10.2 Å². The zero-order valence-corrected chi connectivity index (χ0v) is 24.4. The van der Waals surface area contributed by atoms with Gasteiger partial charge in [-0.3, -0.25) is 9.59 Å². The summed E-state index contributed by atoms with van der Waals surface area (Å²) in [7, 11) is -2.14. The number of nitrogens with one attached hydrogen (secondary N) is 1. The van der Waals surface area contributed by atoms with Crippen molar-refractivity contribution in [2.45, 2.75) is 81.8 Å². The molecule has 7 nitrogen and oxygen atoms in total. The van der Waals surface area contributed by atoms with Crippen LogP contribution in [0.4, 0.5) is 0 Å². The number of carbonyl (C=O) groups is 2. The van der Waals surface area contributed by atoms with E-state index < -0.39 is 16.1 Å². The molecule has 0 radical (unpaired) electrons. The van der Waals surface area contributed by atoms with Crippen molar-refractivity contribution in [1.29, 1.82) is 0 Å².